The maximum absolute atomic E-state index is 12.9. The van der Waals surface area contributed by atoms with Crippen LogP contribution in [-0.2, 0) is 19.2 Å². The van der Waals surface area contributed by atoms with E-state index in [4.69, 9.17) is 9.47 Å². The van der Waals surface area contributed by atoms with Crippen molar-refractivity contribution in [3.8, 4) is 11.5 Å². The standard InChI is InChI=1S/C27H26N2O6/c1-16-12-20(10-11-23(16)29-25(31)21-8-3-4-9-22(21)26(29)32)35-27(33)17-13-24(30)28(15-17)18-6-5-7-19(14-18)34-2/h3-7,10-12,14,17,21-22H,8-9,13,15H2,1-2H3/t17-,21+,22+/m1/s1. The van der Waals surface area contributed by atoms with Crippen LogP contribution >= 0.6 is 0 Å². The molecule has 3 amide bonds. The van der Waals surface area contributed by atoms with Crippen molar-refractivity contribution in [2.45, 2.75) is 26.2 Å². The smallest absolute Gasteiger partial charge is 0.316 e. The van der Waals surface area contributed by atoms with E-state index in [-0.39, 0.29) is 42.5 Å². The van der Waals surface area contributed by atoms with E-state index in [0.29, 0.717) is 41.3 Å². The second-order valence-corrected chi connectivity index (χ2v) is 9.14. The summed E-state index contributed by atoms with van der Waals surface area (Å²) in [4.78, 5) is 54.0. The molecule has 0 unspecified atom stereocenters. The van der Waals surface area contributed by atoms with Crippen LogP contribution in [0.4, 0.5) is 11.4 Å². The van der Waals surface area contributed by atoms with Gasteiger partial charge in [-0.05, 0) is 55.7 Å². The Morgan fingerprint density at radius 1 is 0.943 bits per heavy atom. The molecule has 8 heteroatoms. The van der Waals surface area contributed by atoms with E-state index in [0.717, 1.165) is 0 Å². The second kappa shape index (κ2) is 9.02. The average Bonchev–Trinajstić information content (AvgIpc) is 3.37. The van der Waals surface area contributed by atoms with E-state index in [9.17, 15) is 19.2 Å². The monoisotopic (exact) mass is 474 g/mol. The van der Waals surface area contributed by atoms with Crippen molar-refractivity contribution >= 4 is 35.1 Å². The lowest BCUT2D eigenvalue weighted by molar-refractivity contribution is -0.139. The van der Waals surface area contributed by atoms with Crippen molar-refractivity contribution in [2.24, 2.45) is 17.8 Å². The number of anilines is 2. The van der Waals surface area contributed by atoms with Crippen LogP contribution in [0.3, 0.4) is 0 Å². The highest BCUT2D eigenvalue weighted by Gasteiger charge is 2.48. The van der Waals surface area contributed by atoms with Crippen LogP contribution in [0.1, 0.15) is 24.8 Å². The van der Waals surface area contributed by atoms with Gasteiger partial charge in [-0.25, -0.2) is 4.90 Å². The Labute approximate surface area is 203 Å². The summed E-state index contributed by atoms with van der Waals surface area (Å²) in [6, 6.07) is 12.0. The number of nitrogens with zero attached hydrogens (tertiary/aromatic N) is 2. The second-order valence-electron chi connectivity index (χ2n) is 9.14. The minimum absolute atomic E-state index is 0.0563. The third-order valence-electron chi connectivity index (χ3n) is 6.96. The molecule has 8 nitrogen and oxygen atoms in total. The zero-order valence-corrected chi connectivity index (χ0v) is 19.6. The van der Waals surface area contributed by atoms with Gasteiger partial charge in [0, 0.05) is 24.7 Å². The number of aryl methyl sites for hydroxylation is 1. The zero-order chi connectivity index (χ0) is 24.7. The molecule has 3 atom stereocenters. The van der Waals surface area contributed by atoms with Gasteiger partial charge in [0.2, 0.25) is 17.7 Å². The fraction of sp³-hybridized carbons (Fsp3) is 0.333. The summed E-state index contributed by atoms with van der Waals surface area (Å²) in [5.74, 6) is -1.31. The highest BCUT2D eigenvalue weighted by atomic mass is 16.5. The van der Waals surface area contributed by atoms with Crippen LogP contribution in [0.2, 0.25) is 0 Å². The summed E-state index contributed by atoms with van der Waals surface area (Å²) in [6.45, 7) is 1.99. The molecule has 2 aliphatic heterocycles. The van der Waals surface area contributed by atoms with Gasteiger partial charge < -0.3 is 14.4 Å². The summed E-state index contributed by atoms with van der Waals surface area (Å²) >= 11 is 0. The van der Waals surface area contributed by atoms with E-state index in [1.807, 2.05) is 12.2 Å². The van der Waals surface area contributed by atoms with Crippen molar-refractivity contribution in [1.82, 2.24) is 0 Å². The number of amides is 3. The average molecular weight is 475 g/mol. The summed E-state index contributed by atoms with van der Waals surface area (Å²) in [7, 11) is 1.55. The van der Waals surface area contributed by atoms with Gasteiger partial charge in [-0.15, -0.1) is 0 Å². The lowest BCUT2D eigenvalue weighted by Crippen LogP contribution is -2.31. The Bertz CT molecular complexity index is 1230. The molecule has 1 aliphatic carbocycles. The molecular formula is C27H26N2O6. The third-order valence-corrected chi connectivity index (χ3v) is 6.96. The van der Waals surface area contributed by atoms with E-state index in [1.54, 1.807) is 61.4 Å². The fourth-order valence-electron chi connectivity index (χ4n) is 5.07. The van der Waals surface area contributed by atoms with E-state index in [2.05, 4.69) is 0 Å². The fourth-order valence-corrected chi connectivity index (χ4v) is 5.07. The third kappa shape index (κ3) is 4.09. The number of benzene rings is 2. The van der Waals surface area contributed by atoms with Gasteiger partial charge in [0.15, 0.2) is 0 Å². The minimum Gasteiger partial charge on any atom is -0.497 e. The lowest BCUT2D eigenvalue weighted by Gasteiger charge is -2.19. The van der Waals surface area contributed by atoms with Gasteiger partial charge in [0.05, 0.1) is 30.6 Å². The Kier molecular flexibility index (Phi) is 5.88. The molecule has 35 heavy (non-hydrogen) atoms. The van der Waals surface area contributed by atoms with Crippen molar-refractivity contribution in [3.63, 3.8) is 0 Å². The first kappa shape index (κ1) is 22.8. The van der Waals surface area contributed by atoms with Crippen molar-refractivity contribution in [2.75, 3.05) is 23.5 Å². The number of esters is 1. The van der Waals surface area contributed by atoms with Crippen molar-refractivity contribution in [3.05, 3.63) is 60.2 Å². The molecule has 2 fully saturated rings. The number of fused-ring (bicyclic) bond motifs is 1. The number of imide groups is 1. The molecular weight excluding hydrogens is 448 g/mol. The number of carbonyl (C=O) groups is 4. The van der Waals surface area contributed by atoms with Gasteiger partial charge in [-0.2, -0.15) is 0 Å². The summed E-state index contributed by atoms with van der Waals surface area (Å²) in [5.41, 5.74) is 1.83. The van der Waals surface area contributed by atoms with E-state index < -0.39 is 11.9 Å². The predicted octanol–water partition coefficient (Wildman–Crippen LogP) is 3.42. The van der Waals surface area contributed by atoms with Crippen LogP contribution in [0.5, 0.6) is 11.5 Å². The Morgan fingerprint density at radius 2 is 1.66 bits per heavy atom. The van der Waals surface area contributed by atoms with Crippen LogP contribution in [0.25, 0.3) is 0 Å². The van der Waals surface area contributed by atoms with Crippen molar-refractivity contribution in [1.29, 1.82) is 0 Å². The molecule has 2 saturated heterocycles. The normalized spacial score (nSPS) is 23.6. The Balaban J connectivity index is 1.28. The van der Waals surface area contributed by atoms with Crippen LogP contribution in [-0.4, -0.2) is 37.3 Å². The minimum atomic E-state index is -0.606. The molecule has 0 N–H and O–H groups in total. The molecule has 0 spiro atoms. The Morgan fingerprint density at radius 3 is 2.31 bits per heavy atom. The molecule has 180 valence electrons. The van der Waals surface area contributed by atoms with Gasteiger partial charge in [0.1, 0.15) is 11.5 Å². The highest BCUT2D eigenvalue weighted by Crippen LogP contribution is 2.39. The predicted molar refractivity (Wildman–Crippen MR) is 128 cm³/mol. The van der Waals surface area contributed by atoms with Gasteiger partial charge in [-0.3, -0.25) is 19.2 Å². The maximum Gasteiger partial charge on any atom is 0.316 e. The molecule has 0 bridgehead atoms. The topological polar surface area (TPSA) is 93.2 Å². The number of hydrogen-bond acceptors (Lipinski definition) is 6. The van der Waals surface area contributed by atoms with Gasteiger partial charge in [0.25, 0.3) is 0 Å². The number of hydrogen-bond donors (Lipinski definition) is 0. The number of allylic oxidation sites excluding steroid dienone is 2. The first-order valence-electron chi connectivity index (χ1n) is 11.7. The van der Waals surface area contributed by atoms with E-state index in [1.165, 1.54) is 4.90 Å². The number of rotatable bonds is 5. The SMILES string of the molecule is COc1cccc(N2C[C@H](C(=O)Oc3ccc(N4C(=O)[C@H]5CC=CC[C@@H]5C4=O)c(C)c3)CC2=O)c1. The van der Waals surface area contributed by atoms with Crippen LogP contribution in [0, 0.1) is 24.7 Å². The summed E-state index contributed by atoms with van der Waals surface area (Å²) < 4.78 is 10.8. The quantitative estimate of drug-likeness (QED) is 0.285. The first-order valence-corrected chi connectivity index (χ1v) is 11.7. The Hall–Kier alpha value is -3.94. The lowest BCUT2D eigenvalue weighted by atomic mass is 9.85. The zero-order valence-electron chi connectivity index (χ0n) is 19.6. The van der Waals surface area contributed by atoms with Gasteiger partial charge >= 0.3 is 5.97 Å². The molecule has 2 aromatic rings. The van der Waals surface area contributed by atoms with Crippen molar-refractivity contribution < 1.29 is 28.7 Å². The number of methoxy groups -OCH3 is 1. The number of carbonyl (C=O) groups excluding carboxylic acids is 4. The largest absolute Gasteiger partial charge is 0.497 e. The maximum atomic E-state index is 12.9. The van der Waals surface area contributed by atoms with Crippen LogP contribution in [0.15, 0.2) is 54.6 Å². The summed E-state index contributed by atoms with van der Waals surface area (Å²) in [5, 5.41) is 0. The molecule has 3 aliphatic rings. The number of ether oxygens (including phenoxy) is 2. The molecule has 0 radical (unpaired) electrons. The molecule has 2 heterocycles. The summed E-state index contributed by atoms with van der Waals surface area (Å²) in [6.07, 6.45) is 5.12. The van der Waals surface area contributed by atoms with Crippen LogP contribution < -0.4 is 19.3 Å². The van der Waals surface area contributed by atoms with E-state index >= 15 is 0 Å². The molecule has 5 rings (SSSR count). The highest BCUT2D eigenvalue weighted by molar-refractivity contribution is 6.22. The molecule has 0 saturated carbocycles. The molecule has 2 aromatic carbocycles. The molecule has 0 aromatic heterocycles. The first-order chi connectivity index (χ1) is 16.9. The van der Waals surface area contributed by atoms with Gasteiger partial charge in [-0.1, -0.05) is 18.2 Å².